The maximum atomic E-state index is 10.7. The summed E-state index contributed by atoms with van der Waals surface area (Å²) in [5.41, 5.74) is 0.961. The lowest BCUT2D eigenvalue weighted by Gasteiger charge is -2.02. The number of aromatic carboxylic acids is 2. The summed E-state index contributed by atoms with van der Waals surface area (Å²) in [5, 5.41) is 19.3. The van der Waals surface area contributed by atoms with Crippen LogP contribution in [0.2, 0.25) is 0 Å². The van der Waals surface area contributed by atoms with Gasteiger partial charge in [0.1, 0.15) is 9.75 Å². The average Bonchev–Trinajstić information content (AvgIpc) is 3.07. The minimum absolute atomic E-state index is 0.436. The van der Waals surface area contributed by atoms with Crippen molar-refractivity contribution in [3.05, 3.63) is 43.8 Å². The van der Waals surface area contributed by atoms with Gasteiger partial charge in [-0.3, -0.25) is 0 Å². The Hall–Kier alpha value is -1.66. The van der Waals surface area contributed by atoms with Gasteiger partial charge in [0.15, 0.2) is 0 Å². The van der Waals surface area contributed by atoms with Crippen molar-refractivity contribution in [3.8, 4) is 0 Å². The summed E-state index contributed by atoms with van der Waals surface area (Å²) >= 11 is 2.67. The van der Waals surface area contributed by atoms with E-state index in [4.69, 9.17) is 10.2 Å². The van der Waals surface area contributed by atoms with E-state index in [1.807, 2.05) is 17.5 Å². The van der Waals surface area contributed by atoms with Crippen molar-refractivity contribution < 1.29 is 19.8 Å². The molecule has 0 radical (unpaired) electrons. The zero-order valence-corrected chi connectivity index (χ0v) is 16.0. The molecular weight excluding hydrogens is 344 g/mol. The molecule has 2 heterocycles. The molecule has 0 fully saturated rings. The maximum Gasteiger partial charge on any atom is 0.346 e. The maximum absolute atomic E-state index is 10.7. The van der Waals surface area contributed by atoms with E-state index < -0.39 is 11.9 Å². The van der Waals surface area contributed by atoms with Gasteiger partial charge in [0.25, 0.3) is 0 Å². The summed E-state index contributed by atoms with van der Waals surface area (Å²) in [7, 11) is 0. The van der Waals surface area contributed by atoms with Crippen molar-refractivity contribution in [2.45, 2.75) is 40.5 Å². The molecule has 2 aromatic rings. The standard InChI is InChI=1S/2C9H12O2S/c1-6(2)5-7-3-4-12-8(7)9(10)11;1-6(2)5-7-3-4-8(12-7)9(10)11/h2*3-4,6H,5H2,1-2H3,(H,10,11). The Morgan fingerprint density at radius 2 is 1.58 bits per heavy atom. The molecule has 0 saturated carbocycles. The Morgan fingerprint density at radius 3 is 2.04 bits per heavy atom. The first-order valence-electron chi connectivity index (χ1n) is 7.82. The second-order valence-electron chi connectivity index (χ2n) is 6.35. The molecule has 0 aromatic carbocycles. The summed E-state index contributed by atoms with van der Waals surface area (Å²) in [6.07, 6.45) is 1.82. The molecule has 2 rings (SSSR count). The van der Waals surface area contributed by atoms with Gasteiger partial charge in [-0.05, 0) is 53.8 Å². The smallest absolute Gasteiger partial charge is 0.346 e. The number of carbonyl (C=O) groups is 2. The number of thiophene rings is 2. The van der Waals surface area contributed by atoms with Crippen molar-refractivity contribution in [2.75, 3.05) is 0 Å². The van der Waals surface area contributed by atoms with Gasteiger partial charge in [-0.25, -0.2) is 9.59 Å². The zero-order chi connectivity index (χ0) is 18.3. The quantitative estimate of drug-likeness (QED) is 0.726. The Morgan fingerprint density at radius 1 is 0.958 bits per heavy atom. The van der Waals surface area contributed by atoms with E-state index in [1.54, 1.807) is 6.07 Å². The van der Waals surface area contributed by atoms with Crippen LogP contribution in [0.3, 0.4) is 0 Å². The van der Waals surface area contributed by atoms with Gasteiger partial charge in [0.05, 0.1) is 0 Å². The Bertz CT molecular complexity index is 668. The molecule has 6 heteroatoms. The van der Waals surface area contributed by atoms with E-state index in [-0.39, 0.29) is 0 Å². The van der Waals surface area contributed by atoms with Gasteiger partial charge in [-0.15, -0.1) is 22.7 Å². The van der Waals surface area contributed by atoms with E-state index in [2.05, 4.69) is 27.7 Å². The second kappa shape index (κ2) is 9.59. The number of carboxylic acid groups (broad SMARTS) is 2. The Kier molecular flexibility index (Phi) is 8.15. The van der Waals surface area contributed by atoms with Crippen molar-refractivity contribution in [2.24, 2.45) is 11.8 Å². The molecule has 2 N–H and O–H groups in total. The van der Waals surface area contributed by atoms with Crippen molar-refractivity contribution in [1.82, 2.24) is 0 Å². The lowest BCUT2D eigenvalue weighted by Crippen LogP contribution is -2.00. The number of hydrogen-bond donors (Lipinski definition) is 2. The van der Waals surface area contributed by atoms with Gasteiger partial charge >= 0.3 is 11.9 Å². The van der Waals surface area contributed by atoms with Crippen LogP contribution in [0.15, 0.2) is 23.6 Å². The van der Waals surface area contributed by atoms with Gasteiger partial charge in [-0.2, -0.15) is 0 Å². The SMILES string of the molecule is CC(C)Cc1ccc(C(=O)O)s1.CC(C)Cc1ccsc1C(=O)O. The number of carboxylic acids is 2. The average molecular weight is 369 g/mol. The fourth-order valence-electron chi connectivity index (χ4n) is 2.13. The normalized spacial score (nSPS) is 10.6. The highest BCUT2D eigenvalue weighted by molar-refractivity contribution is 7.13. The van der Waals surface area contributed by atoms with E-state index in [0.717, 1.165) is 23.3 Å². The monoisotopic (exact) mass is 368 g/mol. The second-order valence-corrected chi connectivity index (χ2v) is 8.43. The molecule has 0 aliphatic rings. The first-order valence-corrected chi connectivity index (χ1v) is 9.52. The third kappa shape index (κ3) is 6.84. The van der Waals surface area contributed by atoms with Crippen molar-refractivity contribution in [3.63, 3.8) is 0 Å². The van der Waals surface area contributed by atoms with Crippen molar-refractivity contribution >= 4 is 34.6 Å². The van der Waals surface area contributed by atoms with Gasteiger partial charge in [0, 0.05) is 4.88 Å². The minimum atomic E-state index is -0.824. The van der Waals surface area contributed by atoms with Gasteiger partial charge in [0.2, 0.25) is 0 Å². The van der Waals surface area contributed by atoms with Crippen LogP contribution < -0.4 is 0 Å². The Balaban J connectivity index is 0.000000240. The highest BCUT2D eigenvalue weighted by Crippen LogP contribution is 2.20. The van der Waals surface area contributed by atoms with Crippen LogP contribution in [0.1, 0.15) is 57.5 Å². The van der Waals surface area contributed by atoms with Crippen LogP contribution in [0.5, 0.6) is 0 Å². The van der Waals surface area contributed by atoms with Crippen LogP contribution in [0.4, 0.5) is 0 Å². The highest BCUT2D eigenvalue weighted by Gasteiger charge is 2.11. The zero-order valence-electron chi connectivity index (χ0n) is 14.4. The summed E-state index contributed by atoms with van der Waals surface area (Å²) in [5.74, 6) is -0.529. The lowest BCUT2D eigenvalue weighted by atomic mass is 10.0. The number of rotatable bonds is 6. The van der Waals surface area contributed by atoms with Crippen LogP contribution in [-0.4, -0.2) is 22.2 Å². The molecule has 132 valence electrons. The Labute approximate surface area is 150 Å². The van der Waals surface area contributed by atoms with Crippen LogP contribution >= 0.6 is 22.7 Å². The largest absolute Gasteiger partial charge is 0.477 e. The molecule has 0 aliphatic heterocycles. The fraction of sp³-hybridized carbons (Fsp3) is 0.444. The molecule has 0 saturated heterocycles. The van der Waals surface area contributed by atoms with E-state index in [1.165, 1.54) is 22.7 Å². The molecule has 2 aromatic heterocycles. The van der Waals surface area contributed by atoms with Crippen LogP contribution in [0, 0.1) is 11.8 Å². The molecule has 4 nitrogen and oxygen atoms in total. The van der Waals surface area contributed by atoms with Gasteiger partial charge in [-0.1, -0.05) is 27.7 Å². The molecule has 0 spiro atoms. The summed E-state index contributed by atoms with van der Waals surface area (Å²) in [6, 6.07) is 5.47. The molecule has 0 unspecified atom stereocenters. The van der Waals surface area contributed by atoms with Gasteiger partial charge < -0.3 is 10.2 Å². The summed E-state index contributed by atoms with van der Waals surface area (Å²) in [6.45, 7) is 8.42. The fourth-order valence-corrected chi connectivity index (χ4v) is 3.96. The topological polar surface area (TPSA) is 74.6 Å². The third-order valence-corrected chi connectivity index (χ3v) is 5.09. The predicted octanol–water partition coefficient (Wildman–Crippen LogP) is 5.29. The van der Waals surface area contributed by atoms with Crippen molar-refractivity contribution in [1.29, 1.82) is 0 Å². The highest BCUT2D eigenvalue weighted by atomic mass is 32.1. The molecule has 0 aliphatic carbocycles. The molecule has 0 atom stereocenters. The number of hydrogen-bond acceptors (Lipinski definition) is 4. The third-order valence-electron chi connectivity index (χ3n) is 3.05. The van der Waals surface area contributed by atoms with E-state index in [9.17, 15) is 9.59 Å². The van der Waals surface area contributed by atoms with Crippen LogP contribution in [-0.2, 0) is 12.8 Å². The lowest BCUT2D eigenvalue weighted by molar-refractivity contribution is 0.0690. The van der Waals surface area contributed by atoms with E-state index in [0.29, 0.717) is 21.6 Å². The molecular formula is C18H24O4S2. The predicted molar refractivity (Wildman–Crippen MR) is 99.6 cm³/mol. The molecule has 24 heavy (non-hydrogen) atoms. The van der Waals surface area contributed by atoms with Crippen LogP contribution in [0.25, 0.3) is 0 Å². The van der Waals surface area contributed by atoms with E-state index >= 15 is 0 Å². The first-order chi connectivity index (χ1) is 11.2. The minimum Gasteiger partial charge on any atom is -0.477 e. The molecule has 0 amide bonds. The molecule has 0 bridgehead atoms. The first kappa shape index (κ1) is 20.4. The summed E-state index contributed by atoms with van der Waals surface area (Å²) < 4.78 is 0. The summed E-state index contributed by atoms with van der Waals surface area (Å²) in [4.78, 5) is 23.3.